The number of nitrogens with zero attached hydrogens (tertiary/aromatic N) is 1. The van der Waals surface area contributed by atoms with E-state index in [2.05, 4.69) is 6.58 Å². The van der Waals surface area contributed by atoms with Crippen LogP contribution in [0.5, 0.6) is 11.5 Å². The van der Waals surface area contributed by atoms with Gasteiger partial charge in [0.05, 0.1) is 29.1 Å². The molecule has 2 heterocycles. The van der Waals surface area contributed by atoms with Crippen LogP contribution in [0.3, 0.4) is 0 Å². The standard InChI is InChI=1S/C27H19ClFNO5/c1-3-12-34-18-8-4-15(5-9-18)24-23-25(31)19-13-16(29)6-10-21(19)35-26(23)27(32)30(24)17-7-11-22(33-2)20(28)14-17/h3-11,13-14,24H,1,12H2,2H3. The molecular formula is C27H19ClFNO5. The predicted octanol–water partition coefficient (Wildman–Crippen LogP) is 5.91. The first-order valence-electron chi connectivity index (χ1n) is 10.7. The first-order chi connectivity index (χ1) is 16.9. The molecule has 0 spiro atoms. The number of hydrogen-bond donors (Lipinski definition) is 0. The maximum Gasteiger partial charge on any atom is 0.295 e. The Morgan fingerprint density at radius 3 is 2.57 bits per heavy atom. The van der Waals surface area contributed by atoms with Crippen LogP contribution in [0, 0.1) is 5.82 Å². The van der Waals surface area contributed by atoms with Gasteiger partial charge in [-0.25, -0.2) is 4.39 Å². The van der Waals surface area contributed by atoms with Crippen molar-refractivity contribution in [2.75, 3.05) is 18.6 Å². The Kier molecular flexibility index (Phi) is 5.78. The summed E-state index contributed by atoms with van der Waals surface area (Å²) in [4.78, 5) is 28.6. The van der Waals surface area contributed by atoms with E-state index < -0.39 is 23.2 Å². The van der Waals surface area contributed by atoms with Gasteiger partial charge in [-0.1, -0.05) is 36.4 Å². The monoisotopic (exact) mass is 491 g/mol. The lowest BCUT2D eigenvalue weighted by Gasteiger charge is -2.26. The largest absolute Gasteiger partial charge is 0.495 e. The van der Waals surface area contributed by atoms with E-state index in [9.17, 15) is 14.0 Å². The number of amides is 1. The lowest BCUT2D eigenvalue weighted by atomic mass is 9.98. The van der Waals surface area contributed by atoms with Crippen LogP contribution in [0.2, 0.25) is 5.02 Å². The van der Waals surface area contributed by atoms with Crippen LogP contribution in [0.15, 0.2) is 82.5 Å². The number of rotatable bonds is 6. The average molecular weight is 492 g/mol. The van der Waals surface area contributed by atoms with Gasteiger partial charge in [-0.05, 0) is 54.1 Å². The molecule has 1 aliphatic heterocycles. The Labute approximate surface area is 204 Å². The molecule has 0 saturated carbocycles. The van der Waals surface area contributed by atoms with Crippen molar-refractivity contribution in [3.63, 3.8) is 0 Å². The van der Waals surface area contributed by atoms with Crippen molar-refractivity contribution in [2.24, 2.45) is 0 Å². The fourth-order valence-electron chi connectivity index (χ4n) is 4.23. The molecule has 0 saturated heterocycles. The third kappa shape index (κ3) is 3.84. The summed E-state index contributed by atoms with van der Waals surface area (Å²) in [6.45, 7) is 3.97. The van der Waals surface area contributed by atoms with Crippen LogP contribution in [0.1, 0.15) is 27.7 Å². The molecule has 8 heteroatoms. The number of carbonyl (C=O) groups is 1. The quantitative estimate of drug-likeness (QED) is 0.314. The summed E-state index contributed by atoms with van der Waals surface area (Å²) in [5.74, 6) is -0.146. The Bertz CT molecular complexity index is 1530. The zero-order chi connectivity index (χ0) is 24.7. The Hall–Kier alpha value is -4.10. The van der Waals surface area contributed by atoms with Gasteiger partial charge < -0.3 is 13.9 Å². The number of fused-ring (bicyclic) bond motifs is 2. The minimum Gasteiger partial charge on any atom is -0.495 e. The Morgan fingerprint density at radius 1 is 1.11 bits per heavy atom. The van der Waals surface area contributed by atoms with Crippen LogP contribution in [0.4, 0.5) is 10.1 Å². The first-order valence-corrected chi connectivity index (χ1v) is 11.1. The third-order valence-electron chi connectivity index (χ3n) is 5.81. The van der Waals surface area contributed by atoms with E-state index in [0.29, 0.717) is 34.4 Å². The SMILES string of the molecule is C=CCOc1ccc(C2c3c(oc4ccc(F)cc4c3=O)C(=O)N2c2ccc(OC)c(Cl)c2)cc1. The summed E-state index contributed by atoms with van der Waals surface area (Å²) >= 11 is 6.35. The van der Waals surface area contributed by atoms with Gasteiger partial charge in [0.1, 0.15) is 29.5 Å². The lowest BCUT2D eigenvalue weighted by Crippen LogP contribution is -2.29. The van der Waals surface area contributed by atoms with Gasteiger partial charge in [0.15, 0.2) is 5.43 Å². The molecule has 1 aliphatic rings. The van der Waals surface area contributed by atoms with Gasteiger partial charge in [0.2, 0.25) is 5.76 Å². The number of ether oxygens (including phenoxy) is 2. The Morgan fingerprint density at radius 2 is 1.89 bits per heavy atom. The van der Waals surface area contributed by atoms with Gasteiger partial charge >= 0.3 is 0 Å². The van der Waals surface area contributed by atoms with Crippen molar-refractivity contribution in [3.05, 3.63) is 111 Å². The molecule has 5 rings (SSSR count). The van der Waals surface area contributed by atoms with Gasteiger partial charge in [0.25, 0.3) is 5.91 Å². The predicted molar refractivity (Wildman–Crippen MR) is 131 cm³/mol. The number of halogens is 2. The highest BCUT2D eigenvalue weighted by Crippen LogP contribution is 2.43. The van der Waals surface area contributed by atoms with E-state index in [1.165, 1.54) is 24.1 Å². The van der Waals surface area contributed by atoms with Gasteiger partial charge in [-0.3, -0.25) is 14.5 Å². The van der Waals surface area contributed by atoms with E-state index in [0.717, 1.165) is 6.07 Å². The molecule has 6 nitrogen and oxygen atoms in total. The molecule has 176 valence electrons. The number of benzene rings is 3. The number of carbonyl (C=O) groups excluding carboxylic acids is 1. The minimum atomic E-state index is -0.834. The first kappa shape index (κ1) is 22.7. The molecule has 3 aromatic carbocycles. The van der Waals surface area contributed by atoms with Crippen LogP contribution >= 0.6 is 11.6 Å². The zero-order valence-electron chi connectivity index (χ0n) is 18.6. The topological polar surface area (TPSA) is 69.0 Å². The van der Waals surface area contributed by atoms with Crippen molar-refractivity contribution in [2.45, 2.75) is 6.04 Å². The molecule has 0 aliphatic carbocycles. The molecule has 35 heavy (non-hydrogen) atoms. The van der Waals surface area contributed by atoms with Crippen molar-refractivity contribution in [3.8, 4) is 11.5 Å². The summed E-state index contributed by atoms with van der Waals surface area (Å²) < 4.78 is 30.6. The molecule has 0 bridgehead atoms. The second kappa shape index (κ2) is 8.92. The van der Waals surface area contributed by atoms with Gasteiger partial charge in [0, 0.05) is 5.69 Å². The second-order valence-corrected chi connectivity index (χ2v) is 8.29. The van der Waals surface area contributed by atoms with Crippen LogP contribution in [0.25, 0.3) is 11.0 Å². The summed E-state index contributed by atoms with van der Waals surface area (Å²) in [5.41, 5.74) is 0.856. The number of anilines is 1. The van der Waals surface area contributed by atoms with Crippen LogP contribution in [-0.2, 0) is 0 Å². The van der Waals surface area contributed by atoms with Crippen LogP contribution in [-0.4, -0.2) is 19.6 Å². The minimum absolute atomic E-state index is 0.0575. The lowest BCUT2D eigenvalue weighted by molar-refractivity contribution is 0.0971. The molecule has 1 atom stereocenters. The summed E-state index contributed by atoms with van der Waals surface area (Å²) in [5, 5.41) is 0.356. The van der Waals surface area contributed by atoms with E-state index in [-0.39, 0.29) is 22.3 Å². The fourth-order valence-corrected chi connectivity index (χ4v) is 4.49. The zero-order valence-corrected chi connectivity index (χ0v) is 19.3. The number of methoxy groups -OCH3 is 1. The highest BCUT2D eigenvalue weighted by atomic mass is 35.5. The molecule has 1 unspecified atom stereocenters. The molecular weight excluding hydrogens is 473 g/mol. The second-order valence-electron chi connectivity index (χ2n) is 7.88. The van der Waals surface area contributed by atoms with Gasteiger partial charge in [-0.15, -0.1) is 0 Å². The summed E-state index contributed by atoms with van der Waals surface area (Å²) in [6.07, 6.45) is 1.63. The van der Waals surface area contributed by atoms with E-state index in [1.54, 1.807) is 48.5 Å². The highest BCUT2D eigenvalue weighted by molar-refractivity contribution is 6.32. The highest BCUT2D eigenvalue weighted by Gasteiger charge is 2.43. The maximum atomic E-state index is 14.0. The number of hydrogen-bond acceptors (Lipinski definition) is 5. The summed E-state index contributed by atoms with van der Waals surface area (Å²) in [6, 6.07) is 14.7. The van der Waals surface area contributed by atoms with E-state index >= 15 is 0 Å². The fraction of sp³-hybridized carbons (Fsp3) is 0.111. The van der Waals surface area contributed by atoms with Crippen molar-refractivity contribution in [1.82, 2.24) is 0 Å². The maximum absolute atomic E-state index is 14.0. The van der Waals surface area contributed by atoms with Crippen molar-refractivity contribution < 1.29 is 23.1 Å². The van der Waals surface area contributed by atoms with Crippen molar-refractivity contribution >= 4 is 34.2 Å². The molecule has 4 aromatic rings. The molecule has 0 radical (unpaired) electrons. The van der Waals surface area contributed by atoms with E-state index in [4.69, 9.17) is 25.5 Å². The van der Waals surface area contributed by atoms with Crippen LogP contribution < -0.4 is 19.8 Å². The smallest absolute Gasteiger partial charge is 0.295 e. The third-order valence-corrected chi connectivity index (χ3v) is 6.10. The van der Waals surface area contributed by atoms with Crippen molar-refractivity contribution in [1.29, 1.82) is 0 Å². The van der Waals surface area contributed by atoms with E-state index in [1.807, 2.05) is 0 Å². The average Bonchev–Trinajstić information content (AvgIpc) is 3.16. The molecule has 1 amide bonds. The summed E-state index contributed by atoms with van der Waals surface area (Å²) in [7, 11) is 1.49. The molecule has 0 fully saturated rings. The molecule has 1 aromatic heterocycles. The normalized spacial score (nSPS) is 14.8. The Balaban J connectivity index is 1.72. The van der Waals surface area contributed by atoms with Gasteiger partial charge in [-0.2, -0.15) is 0 Å². The molecule has 0 N–H and O–H groups in total.